The Morgan fingerprint density at radius 1 is 1.16 bits per heavy atom. The summed E-state index contributed by atoms with van der Waals surface area (Å²) in [5.74, 6) is 1.20. The molecule has 3 rings (SSSR count). The summed E-state index contributed by atoms with van der Waals surface area (Å²) in [5, 5.41) is 3.96. The summed E-state index contributed by atoms with van der Waals surface area (Å²) < 4.78 is 5.63. The molecule has 128 valence electrons. The zero-order chi connectivity index (χ0) is 17.5. The number of benzene rings is 2. The number of nitrogens with zero attached hydrogens (tertiary/aromatic N) is 1. The van der Waals surface area contributed by atoms with E-state index in [1.54, 1.807) is 6.20 Å². The largest absolute Gasteiger partial charge is 0.492 e. The Morgan fingerprint density at radius 2 is 2.04 bits per heavy atom. The molecular formula is C20H20N2O2S. The molecule has 2 aromatic carbocycles. The van der Waals surface area contributed by atoms with Crippen molar-refractivity contribution in [2.75, 3.05) is 18.9 Å². The van der Waals surface area contributed by atoms with Crippen molar-refractivity contribution in [2.45, 2.75) is 11.8 Å². The average Bonchev–Trinajstić information content (AvgIpc) is 2.63. The molecule has 0 spiro atoms. The van der Waals surface area contributed by atoms with E-state index in [1.165, 1.54) is 11.8 Å². The molecule has 0 saturated heterocycles. The van der Waals surface area contributed by atoms with Gasteiger partial charge in [-0.3, -0.25) is 9.78 Å². The summed E-state index contributed by atoms with van der Waals surface area (Å²) >= 11 is 1.52. The Hall–Kier alpha value is -2.53. The molecule has 25 heavy (non-hydrogen) atoms. The predicted octanol–water partition coefficient (Wildman–Crippen LogP) is 3.83. The Bertz CT molecular complexity index is 862. The van der Waals surface area contributed by atoms with E-state index in [-0.39, 0.29) is 5.91 Å². The minimum atomic E-state index is -0.00117. The fraction of sp³-hybridized carbons (Fsp3) is 0.200. The first-order valence-corrected chi connectivity index (χ1v) is 9.13. The summed E-state index contributed by atoms with van der Waals surface area (Å²) in [6.45, 7) is 2.97. The molecule has 0 fully saturated rings. The van der Waals surface area contributed by atoms with Gasteiger partial charge in [-0.2, -0.15) is 0 Å². The first kappa shape index (κ1) is 17.3. The van der Waals surface area contributed by atoms with Gasteiger partial charge in [-0.15, -0.1) is 11.8 Å². The van der Waals surface area contributed by atoms with Gasteiger partial charge in [0, 0.05) is 16.5 Å². The van der Waals surface area contributed by atoms with Crippen LogP contribution in [-0.4, -0.2) is 29.8 Å². The van der Waals surface area contributed by atoms with Gasteiger partial charge in [0.15, 0.2) is 0 Å². The van der Waals surface area contributed by atoms with Crippen molar-refractivity contribution in [1.82, 2.24) is 10.3 Å². The maximum absolute atomic E-state index is 12.0. The topological polar surface area (TPSA) is 51.2 Å². The number of thioether (sulfide) groups is 1. The Balaban J connectivity index is 1.43. The number of carbonyl (C=O) groups excluding carboxylic acids is 1. The van der Waals surface area contributed by atoms with Crippen LogP contribution in [0.15, 0.2) is 65.7 Å². The lowest BCUT2D eigenvalue weighted by Crippen LogP contribution is -2.29. The molecule has 5 heteroatoms. The zero-order valence-electron chi connectivity index (χ0n) is 14.1. The number of carbonyl (C=O) groups is 1. The number of rotatable bonds is 7. The molecule has 0 unspecified atom stereocenters. The molecule has 0 bridgehead atoms. The predicted molar refractivity (Wildman–Crippen MR) is 102 cm³/mol. The van der Waals surface area contributed by atoms with E-state index < -0.39 is 0 Å². The van der Waals surface area contributed by atoms with E-state index in [1.807, 2.05) is 61.5 Å². The molecule has 0 aliphatic rings. The van der Waals surface area contributed by atoms with E-state index in [2.05, 4.69) is 10.3 Å². The molecular weight excluding hydrogens is 332 g/mol. The second kappa shape index (κ2) is 8.53. The van der Waals surface area contributed by atoms with Crippen molar-refractivity contribution in [1.29, 1.82) is 0 Å². The van der Waals surface area contributed by atoms with E-state index in [0.717, 1.165) is 27.1 Å². The maximum Gasteiger partial charge on any atom is 0.230 e. The standard InChI is InChI=1S/C20H20N2O2S/c1-15-5-4-6-16(13-15)24-12-11-22-20(23)14-25-19-9-10-21-18-8-3-2-7-17(18)19/h2-10,13H,11-12,14H2,1H3,(H,22,23). The lowest BCUT2D eigenvalue weighted by molar-refractivity contribution is -0.118. The molecule has 1 aromatic heterocycles. The van der Waals surface area contributed by atoms with Crippen molar-refractivity contribution in [3.8, 4) is 5.75 Å². The van der Waals surface area contributed by atoms with Crippen molar-refractivity contribution in [3.63, 3.8) is 0 Å². The fourth-order valence-electron chi connectivity index (χ4n) is 2.45. The van der Waals surface area contributed by atoms with Crippen LogP contribution in [0.4, 0.5) is 0 Å². The molecule has 3 aromatic rings. The summed E-state index contributed by atoms with van der Waals surface area (Å²) in [6.07, 6.45) is 1.78. The smallest absolute Gasteiger partial charge is 0.230 e. The van der Waals surface area contributed by atoms with Gasteiger partial charge in [0.2, 0.25) is 5.91 Å². The summed E-state index contributed by atoms with van der Waals surface area (Å²) in [4.78, 5) is 17.4. The van der Waals surface area contributed by atoms with Crippen molar-refractivity contribution in [3.05, 3.63) is 66.4 Å². The monoisotopic (exact) mass is 352 g/mol. The number of aryl methyl sites for hydroxylation is 1. The summed E-state index contributed by atoms with van der Waals surface area (Å²) in [6, 6.07) is 17.8. The second-order valence-corrected chi connectivity index (χ2v) is 6.65. The van der Waals surface area contributed by atoms with Crippen LogP contribution in [0.5, 0.6) is 5.75 Å². The third kappa shape index (κ3) is 4.97. The highest BCUT2D eigenvalue weighted by molar-refractivity contribution is 8.00. The van der Waals surface area contributed by atoms with Gasteiger partial charge in [0.25, 0.3) is 0 Å². The summed E-state index contributed by atoms with van der Waals surface area (Å²) in [5.41, 5.74) is 2.10. The van der Waals surface area contributed by atoms with Crippen LogP contribution in [0.3, 0.4) is 0 Å². The van der Waals surface area contributed by atoms with Crippen LogP contribution in [0.2, 0.25) is 0 Å². The van der Waals surface area contributed by atoms with Gasteiger partial charge < -0.3 is 10.1 Å². The fourth-order valence-corrected chi connectivity index (χ4v) is 3.33. The minimum Gasteiger partial charge on any atom is -0.492 e. The van der Waals surface area contributed by atoms with Crippen LogP contribution >= 0.6 is 11.8 Å². The molecule has 0 saturated carbocycles. The van der Waals surface area contributed by atoms with Gasteiger partial charge in [-0.05, 0) is 36.8 Å². The first-order valence-electron chi connectivity index (χ1n) is 8.15. The lowest BCUT2D eigenvalue weighted by Gasteiger charge is -2.09. The molecule has 0 aliphatic heterocycles. The highest BCUT2D eigenvalue weighted by Crippen LogP contribution is 2.26. The highest BCUT2D eigenvalue weighted by Gasteiger charge is 2.06. The number of hydrogen-bond acceptors (Lipinski definition) is 4. The number of pyridine rings is 1. The van der Waals surface area contributed by atoms with Crippen LogP contribution in [0.1, 0.15) is 5.56 Å². The molecule has 1 amide bonds. The summed E-state index contributed by atoms with van der Waals surface area (Å²) in [7, 11) is 0. The number of ether oxygens (including phenoxy) is 1. The number of amides is 1. The third-order valence-corrected chi connectivity index (χ3v) is 4.72. The van der Waals surface area contributed by atoms with Crippen LogP contribution in [-0.2, 0) is 4.79 Å². The molecule has 0 aliphatic carbocycles. The van der Waals surface area contributed by atoms with E-state index in [4.69, 9.17) is 4.74 Å². The zero-order valence-corrected chi connectivity index (χ0v) is 14.9. The maximum atomic E-state index is 12.0. The Labute approximate surface area is 151 Å². The van der Waals surface area contributed by atoms with Gasteiger partial charge >= 0.3 is 0 Å². The van der Waals surface area contributed by atoms with Crippen LogP contribution < -0.4 is 10.1 Å². The molecule has 0 atom stereocenters. The van der Waals surface area contributed by atoms with E-state index in [0.29, 0.717) is 18.9 Å². The average molecular weight is 352 g/mol. The number of hydrogen-bond donors (Lipinski definition) is 1. The number of para-hydroxylation sites is 1. The molecule has 1 N–H and O–H groups in total. The van der Waals surface area contributed by atoms with Gasteiger partial charge in [0.1, 0.15) is 12.4 Å². The first-order chi connectivity index (χ1) is 12.2. The minimum absolute atomic E-state index is 0.00117. The second-order valence-electron chi connectivity index (χ2n) is 5.63. The quantitative estimate of drug-likeness (QED) is 0.519. The van der Waals surface area contributed by atoms with Crippen molar-refractivity contribution in [2.24, 2.45) is 0 Å². The SMILES string of the molecule is Cc1cccc(OCCNC(=O)CSc2ccnc3ccccc23)c1. The molecule has 4 nitrogen and oxygen atoms in total. The molecule has 1 heterocycles. The van der Waals surface area contributed by atoms with Gasteiger partial charge in [-0.25, -0.2) is 0 Å². The normalized spacial score (nSPS) is 10.6. The van der Waals surface area contributed by atoms with Crippen molar-refractivity contribution >= 4 is 28.6 Å². The number of fused-ring (bicyclic) bond motifs is 1. The molecule has 0 radical (unpaired) electrons. The van der Waals surface area contributed by atoms with E-state index in [9.17, 15) is 4.79 Å². The van der Waals surface area contributed by atoms with Crippen molar-refractivity contribution < 1.29 is 9.53 Å². The van der Waals surface area contributed by atoms with Crippen LogP contribution in [0, 0.1) is 6.92 Å². The number of nitrogens with one attached hydrogen (secondary N) is 1. The Morgan fingerprint density at radius 3 is 2.92 bits per heavy atom. The van der Waals surface area contributed by atoms with Gasteiger partial charge in [-0.1, -0.05) is 30.3 Å². The van der Waals surface area contributed by atoms with Gasteiger partial charge in [0.05, 0.1) is 17.8 Å². The van der Waals surface area contributed by atoms with E-state index >= 15 is 0 Å². The lowest BCUT2D eigenvalue weighted by atomic mass is 10.2. The van der Waals surface area contributed by atoms with Crippen LogP contribution in [0.25, 0.3) is 10.9 Å². The Kier molecular flexibility index (Phi) is 5.90. The number of aromatic nitrogens is 1. The highest BCUT2D eigenvalue weighted by atomic mass is 32.2. The third-order valence-electron chi connectivity index (χ3n) is 3.65.